The van der Waals surface area contributed by atoms with Crippen LogP contribution in [0.4, 0.5) is 15.9 Å². The molecule has 0 saturated carbocycles. The van der Waals surface area contributed by atoms with Crippen molar-refractivity contribution in [3.05, 3.63) is 48.0 Å². The van der Waals surface area contributed by atoms with Crippen LogP contribution in [0, 0.1) is 11.7 Å². The predicted octanol–water partition coefficient (Wildman–Crippen LogP) is 1.35. The molecule has 3 atom stereocenters. The molecule has 0 bridgehead atoms. The lowest BCUT2D eigenvalue weighted by Crippen LogP contribution is -2.60. The molecule has 2 amide bonds. The molecule has 1 fully saturated rings. The number of carbonyl (C=O) groups excluding carboxylic acids is 2. The van der Waals surface area contributed by atoms with Gasteiger partial charge in [-0.15, -0.1) is 0 Å². The number of piperidine rings is 1. The van der Waals surface area contributed by atoms with Gasteiger partial charge in [-0.2, -0.15) is 5.10 Å². The maximum Gasteiger partial charge on any atom is 0.314 e. The Hall–Kier alpha value is -3.57. The topological polar surface area (TPSA) is 146 Å². The number of likely N-dealkylation sites (tertiary alicyclic amines) is 1. The average molecular weight is 442 g/mol. The van der Waals surface area contributed by atoms with Crippen molar-refractivity contribution in [2.24, 2.45) is 5.92 Å². The summed E-state index contributed by atoms with van der Waals surface area (Å²) >= 11 is 0. The fourth-order valence-corrected chi connectivity index (χ4v) is 4.05. The Morgan fingerprint density at radius 2 is 2.06 bits per heavy atom. The van der Waals surface area contributed by atoms with E-state index in [1.165, 1.54) is 43.8 Å². The van der Waals surface area contributed by atoms with Crippen molar-refractivity contribution < 1.29 is 23.8 Å². The van der Waals surface area contributed by atoms with Crippen LogP contribution in [0.2, 0.25) is 0 Å². The number of H-pyrrole nitrogens is 1. The van der Waals surface area contributed by atoms with Crippen LogP contribution in [0.3, 0.4) is 0 Å². The Balaban J connectivity index is 1.66. The molecule has 168 valence electrons. The van der Waals surface area contributed by atoms with E-state index in [0.717, 1.165) is 4.90 Å². The minimum atomic E-state index is -1.86. The molecule has 2 aromatic heterocycles. The molecule has 3 heterocycles. The number of aromatic amines is 1. The SMILES string of the molecule is CO[C@H]1C[C@@](O)(c2ccc(F)cc2)N(C(=O)C(=O)Nc2cnc(N)c3cn[nH]c23)C[C@H]1C. The van der Waals surface area contributed by atoms with Gasteiger partial charge in [0, 0.05) is 31.6 Å². The van der Waals surface area contributed by atoms with Crippen LogP contribution in [0.15, 0.2) is 36.7 Å². The summed E-state index contributed by atoms with van der Waals surface area (Å²) in [5.74, 6) is -2.35. The lowest BCUT2D eigenvalue weighted by molar-refractivity contribution is -0.196. The van der Waals surface area contributed by atoms with Crippen molar-refractivity contribution in [3.8, 4) is 0 Å². The van der Waals surface area contributed by atoms with E-state index in [1.807, 2.05) is 6.92 Å². The maximum absolute atomic E-state index is 13.5. The van der Waals surface area contributed by atoms with Crippen molar-refractivity contribution in [2.75, 3.05) is 24.7 Å². The number of carbonyl (C=O) groups is 2. The highest BCUT2D eigenvalue weighted by Crippen LogP contribution is 2.39. The third kappa shape index (κ3) is 3.65. The Bertz CT molecular complexity index is 1170. The minimum Gasteiger partial charge on any atom is -0.383 e. The molecule has 11 heteroatoms. The number of rotatable bonds is 3. The molecule has 1 aliphatic rings. The number of anilines is 2. The maximum atomic E-state index is 13.5. The zero-order chi connectivity index (χ0) is 23.0. The van der Waals surface area contributed by atoms with Crippen molar-refractivity contribution in [1.29, 1.82) is 0 Å². The summed E-state index contributed by atoms with van der Waals surface area (Å²) in [6.07, 6.45) is 2.42. The summed E-state index contributed by atoms with van der Waals surface area (Å²) in [7, 11) is 1.51. The molecule has 10 nitrogen and oxygen atoms in total. The predicted molar refractivity (Wildman–Crippen MR) is 114 cm³/mol. The van der Waals surface area contributed by atoms with Crippen LogP contribution in [0.5, 0.6) is 0 Å². The number of nitrogens with one attached hydrogen (secondary N) is 2. The Morgan fingerprint density at radius 1 is 1.34 bits per heavy atom. The van der Waals surface area contributed by atoms with E-state index in [2.05, 4.69) is 20.5 Å². The van der Waals surface area contributed by atoms with Crippen LogP contribution in [-0.2, 0) is 20.1 Å². The zero-order valence-electron chi connectivity index (χ0n) is 17.5. The van der Waals surface area contributed by atoms with E-state index in [4.69, 9.17) is 10.5 Å². The summed E-state index contributed by atoms with van der Waals surface area (Å²) in [5, 5.41) is 21.2. The first kappa shape index (κ1) is 21.7. The van der Waals surface area contributed by atoms with Crippen molar-refractivity contribution in [3.63, 3.8) is 0 Å². The normalized spacial score (nSPS) is 23.3. The van der Waals surface area contributed by atoms with E-state index < -0.39 is 23.4 Å². The minimum absolute atomic E-state index is 0.0174. The fourth-order valence-electron chi connectivity index (χ4n) is 4.05. The first-order valence-corrected chi connectivity index (χ1v) is 9.96. The summed E-state index contributed by atoms with van der Waals surface area (Å²) in [6, 6.07) is 5.14. The largest absolute Gasteiger partial charge is 0.383 e. The Kier molecular flexibility index (Phi) is 5.53. The van der Waals surface area contributed by atoms with Gasteiger partial charge in [0.2, 0.25) is 0 Å². The van der Waals surface area contributed by atoms with Gasteiger partial charge in [-0.05, 0) is 12.1 Å². The van der Waals surface area contributed by atoms with Crippen molar-refractivity contribution in [1.82, 2.24) is 20.1 Å². The first-order chi connectivity index (χ1) is 15.2. The highest BCUT2D eigenvalue weighted by atomic mass is 19.1. The molecular weight excluding hydrogens is 419 g/mol. The van der Waals surface area contributed by atoms with E-state index in [0.29, 0.717) is 10.9 Å². The van der Waals surface area contributed by atoms with E-state index in [-0.39, 0.29) is 42.1 Å². The van der Waals surface area contributed by atoms with Crippen molar-refractivity contribution >= 4 is 34.2 Å². The van der Waals surface area contributed by atoms with Gasteiger partial charge in [0.1, 0.15) is 11.6 Å². The first-order valence-electron chi connectivity index (χ1n) is 9.96. The quantitative estimate of drug-likeness (QED) is 0.448. The summed E-state index contributed by atoms with van der Waals surface area (Å²) in [4.78, 5) is 31.2. The average Bonchev–Trinajstić information content (AvgIpc) is 3.28. The molecule has 5 N–H and O–H groups in total. The Morgan fingerprint density at radius 3 is 2.75 bits per heavy atom. The standard InChI is InChI=1S/C21H23FN6O4/c1-11-10-28(21(31,7-16(11)32-2)12-3-5-13(22)6-4-12)20(30)19(29)26-15-9-24-18(23)14-8-25-27-17(14)15/h3-6,8-9,11,16,31H,7,10H2,1-2H3,(H2,23,24)(H,25,27)(H,26,29)/t11-,16+,21-/m1/s1. The number of ether oxygens (including phenoxy) is 1. The lowest BCUT2D eigenvalue weighted by atomic mass is 9.84. The number of nitrogen functional groups attached to an aromatic ring is 1. The number of aromatic nitrogens is 3. The second-order valence-corrected chi connectivity index (χ2v) is 7.86. The number of amides is 2. The molecule has 4 rings (SSSR count). The van der Waals surface area contributed by atoms with Gasteiger partial charge in [-0.25, -0.2) is 9.37 Å². The number of pyridine rings is 1. The Labute approximate surface area is 182 Å². The van der Waals surface area contributed by atoms with Gasteiger partial charge >= 0.3 is 11.8 Å². The molecule has 1 aliphatic heterocycles. The second-order valence-electron chi connectivity index (χ2n) is 7.86. The van der Waals surface area contributed by atoms with Crippen molar-refractivity contribution in [2.45, 2.75) is 25.2 Å². The number of nitrogens with zero attached hydrogens (tertiary/aromatic N) is 3. The van der Waals surface area contributed by atoms with Gasteiger partial charge < -0.3 is 25.8 Å². The highest BCUT2D eigenvalue weighted by molar-refractivity contribution is 6.40. The van der Waals surface area contributed by atoms with E-state index in [9.17, 15) is 19.1 Å². The number of hydrogen-bond donors (Lipinski definition) is 4. The van der Waals surface area contributed by atoms with Gasteiger partial charge in [0.25, 0.3) is 0 Å². The third-order valence-electron chi connectivity index (χ3n) is 5.85. The van der Waals surface area contributed by atoms with E-state index in [1.54, 1.807) is 0 Å². The number of hydrogen-bond acceptors (Lipinski definition) is 7. The lowest BCUT2D eigenvalue weighted by Gasteiger charge is -2.48. The number of nitrogens with two attached hydrogens (primary N) is 1. The number of fused-ring (bicyclic) bond motifs is 1. The third-order valence-corrected chi connectivity index (χ3v) is 5.85. The summed E-state index contributed by atoms with van der Waals surface area (Å²) in [6.45, 7) is 1.91. The number of aliphatic hydroxyl groups is 1. The van der Waals surface area contributed by atoms with Crippen LogP contribution < -0.4 is 11.1 Å². The molecular formula is C21H23FN6O4. The molecule has 1 saturated heterocycles. The molecule has 0 unspecified atom stereocenters. The fraction of sp³-hybridized carbons (Fsp3) is 0.333. The molecule has 0 radical (unpaired) electrons. The smallest absolute Gasteiger partial charge is 0.314 e. The highest BCUT2D eigenvalue weighted by Gasteiger charge is 2.49. The summed E-state index contributed by atoms with van der Waals surface area (Å²) < 4.78 is 18.9. The van der Waals surface area contributed by atoms with Gasteiger partial charge in [-0.3, -0.25) is 14.7 Å². The molecule has 0 aliphatic carbocycles. The molecule has 1 aromatic carbocycles. The summed E-state index contributed by atoms with van der Waals surface area (Å²) in [5.41, 5.74) is 4.85. The van der Waals surface area contributed by atoms with Gasteiger partial charge in [0.15, 0.2) is 5.72 Å². The van der Waals surface area contributed by atoms with Crippen LogP contribution >= 0.6 is 0 Å². The van der Waals surface area contributed by atoms with Gasteiger partial charge in [0.05, 0.1) is 35.1 Å². The number of benzene rings is 1. The monoisotopic (exact) mass is 442 g/mol. The molecule has 32 heavy (non-hydrogen) atoms. The number of halogens is 1. The van der Waals surface area contributed by atoms with Crippen LogP contribution in [0.25, 0.3) is 10.9 Å². The van der Waals surface area contributed by atoms with Crippen LogP contribution in [-0.4, -0.2) is 56.8 Å². The van der Waals surface area contributed by atoms with Crippen LogP contribution in [0.1, 0.15) is 18.9 Å². The molecule has 0 spiro atoms. The van der Waals surface area contributed by atoms with Gasteiger partial charge in [-0.1, -0.05) is 19.1 Å². The molecule has 3 aromatic rings. The second kappa shape index (κ2) is 8.17. The number of methoxy groups -OCH3 is 1. The van der Waals surface area contributed by atoms with E-state index >= 15 is 0 Å². The zero-order valence-corrected chi connectivity index (χ0v) is 17.5.